The largest absolute Gasteiger partial charge is 0.396 e. The highest BCUT2D eigenvalue weighted by Gasteiger charge is 2.68. The minimum absolute atomic E-state index is 0.0191. The van der Waals surface area contributed by atoms with Crippen molar-refractivity contribution < 1.29 is 10.2 Å². The van der Waals surface area contributed by atoms with Gasteiger partial charge in [0.1, 0.15) is 0 Å². The van der Waals surface area contributed by atoms with Crippen molar-refractivity contribution >= 4 is 0 Å². The number of rotatable bonds is 1. The third-order valence-corrected chi connectivity index (χ3v) is 13.1. The van der Waals surface area contributed by atoms with Crippen LogP contribution in [0.3, 0.4) is 0 Å². The van der Waals surface area contributed by atoms with Crippen molar-refractivity contribution in [1.82, 2.24) is 0 Å². The maximum atomic E-state index is 10.9. The Morgan fingerprint density at radius 3 is 2.22 bits per heavy atom. The minimum Gasteiger partial charge on any atom is -0.396 e. The number of hydrogen-bond donors (Lipinski definition) is 2. The molecule has 0 spiro atoms. The Hall–Kier alpha value is -0.340. The van der Waals surface area contributed by atoms with E-state index in [1.807, 2.05) is 0 Å². The molecule has 2 nitrogen and oxygen atoms in total. The number of allylic oxidation sites excluding steroid dienone is 2. The summed E-state index contributed by atoms with van der Waals surface area (Å²) >= 11 is 0. The lowest BCUT2D eigenvalue weighted by Gasteiger charge is -2.71. The second-order valence-electron chi connectivity index (χ2n) is 15.1. The van der Waals surface area contributed by atoms with E-state index in [-0.39, 0.29) is 22.3 Å². The molecule has 4 saturated carbocycles. The van der Waals surface area contributed by atoms with E-state index in [0.717, 1.165) is 6.42 Å². The van der Waals surface area contributed by atoms with Gasteiger partial charge in [0.05, 0.1) is 6.10 Å². The summed E-state index contributed by atoms with van der Waals surface area (Å²) in [5.41, 5.74) is 3.16. The first kappa shape index (κ1) is 23.4. The zero-order valence-corrected chi connectivity index (χ0v) is 22.1. The van der Waals surface area contributed by atoms with Gasteiger partial charge in [-0.15, -0.1) is 0 Å². The van der Waals surface area contributed by atoms with Gasteiger partial charge in [0.15, 0.2) is 0 Å². The molecule has 5 unspecified atom stereocenters. The Kier molecular flexibility index (Phi) is 5.02. The van der Waals surface area contributed by atoms with E-state index < -0.39 is 0 Å². The molecule has 2 heteroatoms. The molecule has 5 aliphatic rings. The highest BCUT2D eigenvalue weighted by Crippen LogP contribution is 2.75. The average molecular weight is 443 g/mol. The number of aliphatic hydroxyl groups is 2. The third-order valence-electron chi connectivity index (χ3n) is 13.1. The maximum absolute atomic E-state index is 10.9. The van der Waals surface area contributed by atoms with Crippen LogP contribution in [0.5, 0.6) is 0 Å². The number of hydrogen-bond acceptors (Lipinski definition) is 2. The van der Waals surface area contributed by atoms with E-state index in [1.54, 1.807) is 5.57 Å². The summed E-state index contributed by atoms with van der Waals surface area (Å²) in [5, 5.41) is 21.5. The first-order valence-electron chi connectivity index (χ1n) is 13.8. The van der Waals surface area contributed by atoms with Gasteiger partial charge in [-0.3, -0.25) is 0 Å². The van der Waals surface area contributed by atoms with Crippen LogP contribution < -0.4 is 0 Å². The van der Waals surface area contributed by atoms with Gasteiger partial charge in [-0.25, -0.2) is 0 Å². The lowest BCUT2D eigenvalue weighted by atomic mass is 9.33. The Morgan fingerprint density at radius 2 is 1.53 bits per heavy atom. The van der Waals surface area contributed by atoms with E-state index in [1.165, 1.54) is 57.8 Å². The van der Waals surface area contributed by atoms with Gasteiger partial charge >= 0.3 is 0 Å². The second kappa shape index (κ2) is 6.87. The van der Waals surface area contributed by atoms with Crippen LogP contribution in [0.15, 0.2) is 11.6 Å². The van der Waals surface area contributed by atoms with E-state index >= 15 is 0 Å². The van der Waals surface area contributed by atoms with Crippen molar-refractivity contribution in [2.75, 3.05) is 6.61 Å². The van der Waals surface area contributed by atoms with Crippen molar-refractivity contribution in [3.8, 4) is 0 Å². The molecule has 0 amide bonds. The van der Waals surface area contributed by atoms with Crippen LogP contribution in [0.25, 0.3) is 0 Å². The fourth-order valence-corrected chi connectivity index (χ4v) is 10.6. The van der Waals surface area contributed by atoms with Crippen LogP contribution >= 0.6 is 0 Å². The second-order valence-corrected chi connectivity index (χ2v) is 15.1. The molecule has 4 fully saturated rings. The van der Waals surface area contributed by atoms with Crippen molar-refractivity contribution in [3.05, 3.63) is 11.6 Å². The summed E-state index contributed by atoms with van der Waals surface area (Å²) in [6, 6.07) is 0. The van der Waals surface area contributed by atoms with Crippen LogP contribution in [0.4, 0.5) is 0 Å². The Bertz CT molecular complexity index is 810. The molecule has 32 heavy (non-hydrogen) atoms. The zero-order chi connectivity index (χ0) is 23.4. The Morgan fingerprint density at radius 1 is 0.844 bits per heavy atom. The summed E-state index contributed by atoms with van der Waals surface area (Å²) in [5.74, 6) is 1.87. The maximum Gasteiger partial charge on any atom is 0.0594 e. The predicted molar refractivity (Wildman–Crippen MR) is 132 cm³/mol. The van der Waals surface area contributed by atoms with Crippen LogP contribution in [-0.4, -0.2) is 22.9 Å². The fourth-order valence-electron chi connectivity index (χ4n) is 10.6. The van der Waals surface area contributed by atoms with Crippen molar-refractivity contribution in [3.63, 3.8) is 0 Å². The van der Waals surface area contributed by atoms with Crippen LogP contribution in [0, 0.1) is 50.2 Å². The van der Waals surface area contributed by atoms with Gasteiger partial charge in [-0.1, -0.05) is 60.1 Å². The molecule has 182 valence electrons. The molecular weight excluding hydrogens is 392 g/mol. The molecule has 0 saturated heterocycles. The lowest BCUT2D eigenvalue weighted by Crippen LogP contribution is -2.64. The third kappa shape index (κ3) is 2.78. The average Bonchev–Trinajstić information content (AvgIpc) is 2.71. The van der Waals surface area contributed by atoms with Gasteiger partial charge in [0, 0.05) is 12.0 Å². The van der Waals surface area contributed by atoms with Crippen LogP contribution in [0.1, 0.15) is 113 Å². The summed E-state index contributed by atoms with van der Waals surface area (Å²) in [6.07, 6.45) is 14.6. The lowest BCUT2D eigenvalue weighted by molar-refractivity contribution is -0.204. The normalized spacial score (nSPS) is 53.8. The van der Waals surface area contributed by atoms with E-state index in [2.05, 4.69) is 54.5 Å². The molecule has 0 bridgehead atoms. The van der Waals surface area contributed by atoms with E-state index in [0.29, 0.717) is 40.6 Å². The quantitative estimate of drug-likeness (QED) is 0.424. The zero-order valence-electron chi connectivity index (χ0n) is 22.1. The minimum atomic E-state index is -0.153. The first-order chi connectivity index (χ1) is 14.8. The van der Waals surface area contributed by atoms with Gasteiger partial charge in [-0.05, 0) is 109 Å². The molecule has 8 atom stereocenters. The summed E-state index contributed by atoms with van der Waals surface area (Å²) in [4.78, 5) is 0. The van der Waals surface area contributed by atoms with Crippen molar-refractivity contribution in [2.24, 2.45) is 50.2 Å². The topological polar surface area (TPSA) is 40.5 Å². The van der Waals surface area contributed by atoms with E-state index in [9.17, 15) is 10.2 Å². The molecule has 0 aromatic rings. The van der Waals surface area contributed by atoms with Crippen molar-refractivity contribution in [1.29, 1.82) is 0 Å². The molecule has 0 aromatic heterocycles. The molecule has 0 radical (unpaired) electrons. The summed E-state index contributed by atoms with van der Waals surface area (Å²) < 4.78 is 0. The highest BCUT2D eigenvalue weighted by molar-refractivity contribution is 5.33. The SMILES string of the molecule is CC1(C)CCC2(CO)CC[C@]3(C)C(=CCC4C5(C)CCC(O)C(C)(C)[C@@H]5CCC43C)[C@@H]2C1. The monoisotopic (exact) mass is 442 g/mol. The standard InChI is InChI=1S/C30H50O2/c1-25(2)14-16-30(19-31)17-15-28(6)20(21(30)18-25)8-9-23-27(5)12-11-24(32)26(3,4)22(27)10-13-29(23,28)7/h8,21-24,31-32H,9-19H2,1-7H3/t21-,22-,23?,24?,27?,28+,29?,30?/m0/s1. The summed E-state index contributed by atoms with van der Waals surface area (Å²) in [7, 11) is 0. The van der Waals surface area contributed by atoms with Gasteiger partial charge in [0.2, 0.25) is 0 Å². The van der Waals surface area contributed by atoms with Gasteiger partial charge in [-0.2, -0.15) is 0 Å². The number of fused-ring (bicyclic) bond motifs is 7. The van der Waals surface area contributed by atoms with Crippen molar-refractivity contribution in [2.45, 2.75) is 119 Å². The first-order valence-corrected chi connectivity index (χ1v) is 13.8. The molecular formula is C30H50O2. The summed E-state index contributed by atoms with van der Waals surface area (Å²) in [6.45, 7) is 17.8. The Labute approximate surface area is 197 Å². The van der Waals surface area contributed by atoms with E-state index in [4.69, 9.17) is 0 Å². The predicted octanol–water partition coefficient (Wildman–Crippen LogP) is 7.14. The molecule has 0 heterocycles. The number of aliphatic hydroxyl groups excluding tert-OH is 2. The van der Waals surface area contributed by atoms with Crippen LogP contribution in [-0.2, 0) is 0 Å². The molecule has 0 aromatic carbocycles. The molecule has 5 rings (SSSR count). The highest BCUT2D eigenvalue weighted by atomic mass is 16.3. The molecule has 0 aliphatic heterocycles. The Balaban J connectivity index is 1.58. The van der Waals surface area contributed by atoms with Crippen LogP contribution in [0.2, 0.25) is 0 Å². The van der Waals surface area contributed by atoms with Gasteiger partial charge < -0.3 is 10.2 Å². The smallest absolute Gasteiger partial charge is 0.0594 e. The fraction of sp³-hybridized carbons (Fsp3) is 0.933. The molecule has 5 aliphatic carbocycles. The molecule has 2 N–H and O–H groups in total. The van der Waals surface area contributed by atoms with Gasteiger partial charge in [0.25, 0.3) is 0 Å².